The minimum absolute atomic E-state index is 0.312. The predicted molar refractivity (Wildman–Crippen MR) is 71.6 cm³/mol. The second-order valence-corrected chi connectivity index (χ2v) is 4.81. The van der Waals surface area contributed by atoms with E-state index in [1.165, 1.54) is 24.7 Å². The van der Waals surface area contributed by atoms with Gasteiger partial charge in [-0.1, -0.05) is 0 Å². The smallest absolute Gasteiger partial charge is 0.165 e. The number of hydrogen-bond acceptors (Lipinski definition) is 3. The molecule has 4 nitrogen and oxygen atoms in total. The van der Waals surface area contributed by atoms with Crippen LogP contribution in [0, 0.1) is 5.82 Å². The first kappa shape index (κ1) is 12.1. The van der Waals surface area contributed by atoms with E-state index in [0.717, 1.165) is 25.1 Å². The van der Waals surface area contributed by atoms with Crippen LogP contribution in [-0.2, 0) is 19.4 Å². The van der Waals surface area contributed by atoms with Crippen LogP contribution in [0.5, 0.6) is 0 Å². The van der Waals surface area contributed by atoms with Crippen LogP contribution in [0.2, 0.25) is 0 Å². The molecule has 5 heteroatoms. The Labute approximate surface area is 111 Å². The second-order valence-electron chi connectivity index (χ2n) is 4.81. The van der Waals surface area contributed by atoms with Crippen molar-refractivity contribution in [3.8, 4) is 0 Å². The second kappa shape index (κ2) is 5.38. The van der Waals surface area contributed by atoms with Gasteiger partial charge in [-0.15, -0.1) is 0 Å². The summed E-state index contributed by atoms with van der Waals surface area (Å²) >= 11 is 0. The van der Waals surface area contributed by atoms with Gasteiger partial charge in [-0.05, 0) is 25.0 Å². The van der Waals surface area contributed by atoms with Gasteiger partial charge in [0, 0.05) is 38.3 Å². The van der Waals surface area contributed by atoms with Crippen molar-refractivity contribution in [3.05, 3.63) is 41.9 Å². The molecular formula is C14H17FN4. The highest BCUT2D eigenvalue weighted by Gasteiger charge is 2.11. The Balaban J connectivity index is 1.58. The summed E-state index contributed by atoms with van der Waals surface area (Å²) in [6, 6.07) is 2.99. The van der Waals surface area contributed by atoms with Crippen LogP contribution in [0.1, 0.15) is 24.4 Å². The fourth-order valence-electron chi connectivity index (χ4n) is 2.42. The molecule has 3 heterocycles. The monoisotopic (exact) mass is 260 g/mol. The maximum atomic E-state index is 13.4. The van der Waals surface area contributed by atoms with Crippen molar-refractivity contribution in [3.63, 3.8) is 0 Å². The van der Waals surface area contributed by atoms with Crippen molar-refractivity contribution in [2.24, 2.45) is 0 Å². The van der Waals surface area contributed by atoms with E-state index >= 15 is 0 Å². The number of fused-ring (bicyclic) bond motifs is 1. The number of nitrogens with zero attached hydrogens (tertiary/aromatic N) is 3. The molecule has 0 aliphatic carbocycles. The Kier molecular flexibility index (Phi) is 3.44. The summed E-state index contributed by atoms with van der Waals surface area (Å²) in [4.78, 5) is 8.58. The van der Waals surface area contributed by atoms with E-state index in [-0.39, 0.29) is 5.82 Å². The molecule has 19 heavy (non-hydrogen) atoms. The first-order valence-electron chi connectivity index (χ1n) is 6.72. The van der Waals surface area contributed by atoms with Gasteiger partial charge in [0.25, 0.3) is 0 Å². The average Bonchev–Trinajstić information content (AvgIpc) is 2.83. The number of aryl methyl sites for hydroxylation is 2. The van der Waals surface area contributed by atoms with E-state index in [2.05, 4.69) is 26.0 Å². The minimum Gasteiger partial charge on any atom is -0.367 e. The zero-order chi connectivity index (χ0) is 13.1. The normalized spacial score (nSPS) is 14.2. The van der Waals surface area contributed by atoms with Crippen LogP contribution in [0.25, 0.3) is 0 Å². The van der Waals surface area contributed by atoms with E-state index in [0.29, 0.717) is 12.4 Å². The highest BCUT2D eigenvalue weighted by Crippen LogP contribution is 2.15. The first-order valence-corrected chi connectivity index (χ1v) is 6.72. The van der Waals surface area contributed by atoms with Gasteiger partial charge >= 0.3 is 0 Å². The lowest BCUT2D eigenvalue weighted by Gasteiger charge is -2.11. The fourth-order valence-corrected chi connectivity index (χ4v) is 2.42. The van der Waals surface area contributed by atoms with Crippen molar-refractivity contribution in [1.82, 2.24) is 14.5 Å². The number of anilines is 1. The van der Waals surface area contributed by atoms with Gasteiger partial charge in [0.05, 0.1) is 5.69 Å². The SMILES string of the molecule is Fc1cccnc1NCCc1cn2c(n1)CCCC2. The topological polar surface area (TPSA) is 42.7 Å². The number of halogens is 1. The number of pyridine rings is 1. The molecular weight excluding hydrogens is 243 g/mol. The minimum atomic E-state index is -0.313. The summed E-state index contributed by atoms with van der Waals surface area (Å²) in [6.07, 6.45) is 8.03. The quantitative estimate of drug-likeness (QED) is 0.918. The van der Waals surface area contributed by atoms with Crippen molar-refractivity contribution in [2.75, 3.05) is 11.9 Å². The van der Waals surface area contributed by atoms with Crippen molar-refractivity contribution < 1.29 is 4.39 Å². The molecule has 1 aliphatic rings. The van der Waals surface area contributed by atoms with Crippen molar-refractivity contribution >= 4 is 5.82 Å². The average molecular weight is 260 g/mol. The Bertz CT molecular complexity index is 541. The van der Waals surface area contributed by atoms with Crippen molar-refractivity contribution in [1.29, 1.82) is 0 Å². The molecule has 2 aromatic heterocycles. The highest BCUT2D eigenvalue weighted by molar-refractivity contribution is 5.35. The fraction of sp³-hybridized carbons (Fsp3) is 0.429. The molecule has 0 atom stereocenters. The van der Waals surface area contributed by atoms with Gasteiger partial charge in [0.2, 0.25) is 0 Å². The van der Waals surface area contributed by atoms with E-state index in [9.17, 15) is 4.39 Å². The van der Waals surface area contributed by atoms with E-state index in [1.54, 1.807) is 12.3 Å². The lowest BCUT2D eigenvalue weighted by molar-refractivity contribution is 0.522. The molecule has 0 saturated heterocycles. The number of rotatable bonds is 4. The van der Waals surface area contributed by atoms with E-state index in [4.69, 9.17) is 0 Å². The largest absolute Gasteiger partial charge is 0.367 e. The molecule has 1 aliphatic heterocycles. The summed E-state index contributed by atoms with van der Waals surface area (Å²) in [5.41, 5.74) is 1.07. The molecule has 0 saturated carbocycles. The molecule has 2 aromatic rings. The first-order chi connectivity index (χ1) is 9.33. The maximum absolute atomic E-state index is 13.4. The highest BCUT2D eigenvalue weighted by atomic mass is 19.1. The summed E-state index contributed by atoms with van der Waals surface area (Å²) in [5.74, 6) is 1.18. The van der Waals surface area contributed by atoms with Gasteiger partial charge in [0.15, 0.2) is 11.6 Å². The van der Waals surface area contributed by atoms with Gasteiger partial charge in [-0.25, -0.2) is 14.4 Å². The van der Waals surface area contributed by atoms with Gasteiger partial charge in [0.1, 0.15) is 5.82 Å². The summed E-state index contributed by atoms with van der Waals surface area (Å²) in [6.45, 7) is 1.72. The summed E-state index contributed by atoms with van der Waals surface area (Å²) < 4.78 is 15.6. The molecule has 0 radical (unpaired) electrons. The van der Waals surface area contributed by atoms with Crippen LogP contribution in [0.15, 0.2) is 24.5 Å². The van der Waals surface area contributed by atoms with Crippen LogP contribution in [0.4, 0.5) is 10.2 Å². The predicted octanol–water partition coefficient (Wildman–Crippen LogP) is 2.41. The van der Waals surface area contributed by atoms with Crippen molar-refractivity contribution in [2.45, 2.75) is 32.2 Å². The molecule has 0 aromatic carbocycles. The molecule has 0 unspecified atom stereocenters. The molecule has 0 spiro atoms. The molecule has 3 rings (SSSR count). The molecule has 1 N–H and O–H groups in total. The molecule has 0 amide bonds. The molecule has 0 bridgehead atoms. The third-order valence-electron chi connectivity index (χ3n) is 3.39. The Morgan fingerprint density at radius 3 is 3.16 bits per heavy atom. The van der Waals surface area contributed by atoms with Gasteiger partial charge in [-0.3, -0.25) is 0 Å². The van der Waals surface area contributed by atoms with Crippen LogP contribution in [0.3, 0.4) is 0 Å². The number of imidazole rings is 1. The van der Waals surface area contributed by atoms with Gasteiger partial charge in [-0.2, -0.15) is 0 Å². The Hall–Kier alpha value is -1.91. The third kappa shape index (κ3) is 2.75. The molecule has 100 valence electrons. The van der Waals surface area contributed by atoms with Gasteiger partial charge < -0.3 is 9.88 Å². The third-order valence-corrected chi connectivity index (χ3v) is 3.39. The van der Waals surface area contributed by atoms with Crippen LogP contribution >= 0.6 is 0 Å². The Morgan fingerprint density at radius 2 is 2.32 bits per heavy atom. The molecule has 0 fully saturated rings. The zero-order valence-electron chi connectivity index (χ0n) is 10.8. The lowest BCUT2D eigenvalue weighted by atomic mass is 10.2. The summed E-state index contributed by atoms with van der Waals surface area (Å²) in [7, 11) is 0. The number of hydrogen-bond donors (Lipinski definition) is 1. The lowest BCUT2D eigenvalue weighted by Crippen LogP contribution is -2.09. The standard InChI is InChI=1S/C14H17FN4/c15-12-4-3-7-16-14(12)17-8-6-11-10-19-9-2-1-5-13(19)18-11/h3-4,7,10H,1-2,5-6,8-9H2,(H,16,17). The Morgan fingerprint density at radius 1 is 1.37 bits per heavy atom. The van der Waals surface area contributed by atoms with E-state index < -0.39 is 0 Å². The summed E-state index contributed by atoms with van der Waals surface area (Å²) in [5, 5.41) is 3.01. The van der Waals surface area contributed by atoms with Crippen LogP contribution in [-0.4, -0.2) is 21.1 Å². The number of nitrogens with one attached hydrogen (secondary N) is 1. The maximum Gasteiger partial charge on any atom is 0.165 e. The van der Waals surface area contributed by atoms with E-state index in [1.807, 2.05) is 0 Å². The van der Waals surface area contributed by atoms with Crippen LogP contribution < -0.4 is 5.32 Å². The number of aromatic nitrogens is 3. The zero-order valence-corrected chi connectivity index (χ0v) is 10.8.